The summed E-state index contributed by atoms with van der Waals surface area (Å²) in [5.41, 5.74) is 0.641. The molecule has 0 fully saturated rings. The number of likely N-dealkylation sites (N-methyl/N-ethyl adjacent to an activating group) is 1. The average molecular weight is 323 g/mol. The summed E-state index contributed by atoms with van der Waals surface area (Å²) in [7, 11) is -0.468. The summed E-state index contributed by atoms with van der Waals surface area (Å²) in [6, 6.07) is 3.00. The number of halogens is 2. The molecule has 1 N–H and O–H groups in total. The fourth-order valence-electron chi connectivity index (χ4n) is 1.57. The minimum atomic E-state index is -3.68. The number of nitrogens with one attached hydrogen (secondary N) is 1. The summed E-state index contributed by atoms with van der Waals surface area (Å²) < 4.78 is 25.9. The van der Waals surface area contributed by atoms with Crippen molar-refractivity contribution in [2.24, 2.45) is 0 Å². The molecule has 7 heteroatoms. The molecule has 0 aromatic heterocycles. The minimum Gasteiger partial charge on any atom is -0.316 e. The Morgan fingerprint density at radius 2 is 2.05 bits per heavy atom. The van der Waals surface area contributed by atoms with Crippen molar-refractivity contribution >= 4 is 33.2 Å². The molecule has 0 heterocycles. The van der Waals surface area contributed by atoms with E-state index in [1.807, 2.05) is 0 Å². The van der Waals surface area contributed by atoms with Gasteiger partial charge >= 0.3 is 0 Å². The molecule has 106 valence electrons. The van der Waals surface area contributed by atoms with Gasteiger partial charge in [0, 0.05) is 25.2 Å². The summed E-state index contributed by atoms with van der Waals surface area (Å²) in [5, 5.41) is 3.44. The monoisotopic (exact) mass is 322 g/mol. The first-order chi connectivity index (χ1) is 8.84. The number of sulfonamides is 1. The van der Waals surface area contributed by atoms with Crippen molar-refractivity contribution in [1.29, 1.82) is 0 Å². The lowest BCUT2D eigenvalue weighted by Crippen LogP contribution is -2.27. The number of nitrogens with zero attached hydrogens (tertiary/aromatic N) is 1. The predicted molar refractivity (Wildman–Crippen MR) is 79.2 cm³/mol. The molecule has 0 aliphatic heterocycles. The molecule has 0 bridgehead atoms. The SMILES string of the molecule is C=CCN(C)S(=O)(=O)c1cc(Cl)cc(CNC)c1Cl. The lowest BCUT2D eigenvalue weighted by molar-refractivity contribution is 0.499. The van der Waals surface area contributed by atoms with Crippen molar-refractivity contribution in [1.82, 2.24) is 9.62 Å². The van der Waals surface area contributed by atoms with E-state index in [1.165, 1.54) is 23.5 Å². The molecule has 4 nitrogen and oxygen atoms in total. The Morgan fingerprint density at radius 1 is 1.42 bits per heavy atom. The van der Waals surface area contributed by atoms with E-state index in [-0.39, 0.29) is 16.5 Å². The standard InChI is InChI=1S/C12H16Cl2N2O2S/c1-4-5-16(3)19(17,18)11-7-10(13)6-9(8-15-2)12(11)14/h4,6-7,15H,1,5,8H2,2-3H3. The average Bonchev–Trinajstić information content (AvgIpc) is 2.33. The van der Waals surface area contributed by atoms with Gasteiger partial charge in [-0.15, -0.1) is 6.58 Å². The predicted octanol–water partition coefficient (Wildman–Crippen LogP) is 2.52. The van der Waals surface area contributed by atoms with E-state index in [1.54, 1.807) is 13.1 Å². The summed E-state index contributed by atoms with van der Waals surface area (Å²) >= 11 is 12.1. The molecule has 0 aliphatic carbocycles. The van der Waals surface area contributed by atoms with Crippen LogP contribution in [-0.4, -0.2) is 33.4 Å². The van der Waals surface area contributed by atoms with Crippen molar-refractivity contribution in [3.8, 4) is 0 Å². The van der Waals surface area contributed by atoms with E-state index in [4.69, 9.17) is 23.2 Å². The van der Waals surface area contributed by atoms with Crippen LogP contribution >= 0.6 is 23.2 Å². The van der Waals surface area contributed by atoms with Crippen molar-refractivity contribution in [3.05, 3.63) is 40.4 Å². The fourth-order valence-corrected chi connectivity index (χ4v) is 3.62. The van der Waals surface area contributed by atoms with E-state index in [9.17, 15) is 8.42 Å². The first kappa shape index (κ1) is 16.5. The van der Waals surface area contributed by atoms with Crippen molar-refractivity contribution in [2.45, 2.75) is 11.4 Å². The Balaban J connectivity index is 3.38. The summed E-state index contributed by atoms with van der Waals surface area (Å²) in [6.07, 6.45) is 1.50. The van der Waals surface area contributed by atoms with Crippen LogP contribution in [0, 0.1) is 0 Å². The number of benzene rings is 1. The highest BCUT2D eigenvalue weighted by Crippen LogP contribution is 2.31. The molecule has 0 saturated heterocycles. The first-order valence-electron chi connectivity index (χ1n) is 5.54. The molecule has 0 amide bonds. The summed E-state index contributed by atoms with van der Waals surface area (Å²) in [6.45, 7) is 4.16. The number of rotatable bonds is 6. The Morgan fingerprint density at radius 3 is 2.58 bits per heavy atom. The highest BCUT2D eigenvalue weighted by molar-refractivity contribution is 7.89. The molecule has 0 atom stereocenters. The van der Waals surface area contributed by atoms with Crippen LogP contribution in [0.15, 0.2) is 29.7 Å². The topological polar surface area (TPSA) is 49.4 Å². The van der Waals surface area contributed by atoms with Gasteiger partial charge in [0.2, 0.25) is 10.0 Å². The molecule has 0 saturated carbocycles. The second kappa shape index (κ2) is 6.72. The van der Waals surface area contributed by atoms with Gasteiger partial charge in [-0.25, -0.2) is 8.42 Å². The molecule has 0 aliphatic rings. The Hall–Kier alpha value is -0.590. The molecule has 0 radical (unpaired) electrons. The second-order valence-corrected chi connectivity index (χ2v) is 6.81. The molecule has 1 rings (SSSR count). The van der Waals surface area contributed by atoms with E-state index in [0.717, 1.165) is 0 Å². The van der Waals surface area contributed by atoms with E-state index in [0.29, 0.717) is 17.1 Å². The zero-order valence-corrected chi connectivity index (χ0v) is 13.1. The molecular formula is C12H16Cl2N2O2S. The van der Waals surface area contributed by atoms with Crippen LogP contribution in [-0.2, 0) is 16.6 Å². The van der Waals surface area contributed by atoms with Crippen LogP contribution in [0.2, 0.25) is 10.0 Å². The first-order valence-corrected chi connectivity index (χ1v) is 7.74. The maximum atomic E-state index is 12.4. The summed E-state index contributed by atoms with van der Waals surface area (Å²) in [4.78, 5) is 0.0104. The van der Waals surface area contributed by atoms with Crippen LogP contribution in [0.1, 0.15) is 5.56 Å². The van der Waals surface area contributed by atoms with Gasteiger partial charge in [0.15, 0.2) is 0 Å². The minimum absolute atomic E-state index is 0.0104. The van der Waals surface area contributed by atoms with Gasteiger partial charge in [-0.2, -0.15) is 4.31 Å². The third-order valence-corrected chi connectivity index (χ3v) is 5.15. The highest BCUT2D eigenvalue weighted by Gasteiger charge is 2.24. The van der Waals surface area contributed by atoms with Crippen molar-refractivity contribution < 1.29 is 8.42 Å². The van der Waals surface area contributed by atoms with Gasteiger partial charge < -0.3 is 5.32 Å². The Labute approximate surface area is 124 Å². The number of hydrogen-bond donors (Lipinski definition) is 1. The van der Waals surface area contributed by atoms with Crippen molar-refractivity contribution in [2.75, 3.05) is 20.6 Å². The molecule has 0 spiro atoms. The van der Waals surface area contributed by atoms with Gasteiger partial charge in [0.05, 0.1) is 5.02 Å². The van der Waals surface area contributed by atoms with Crippen LogP contribution in [0.3, 0.4) is 0 Å². The van der Waals surface area contributed by atoms with E-state index < -0.39 is 10.0 Å². The Kier molecular flexibility index (Phi) is 5.82. The molecule has 1 aromatic rings. The Bertz CT molecular complexity index is 573. The smallest absolute Gasteiger partial charge is 0.244 e. The highest BCUT2D eigenvalue weighted by atomic mass is 35.5. The van der Waals surface area contributed by atoms with Gasteiger partial charge in [-0.05, 0) is 24.7 Å². The number of hydrogen-bond acceptors (Lipinski definition) is 3. The molecule has 1 aromatic carbocycles. The van der Waals surface area contributed by atoms with Crippen molar-refractivity contribution in [3.63, 3.8) is 0 Å². The third-order valence-electron chi connectivity index (χ3n) is 2.52. The maximum Gasteiger partial charge on any atom is 0.244 e. The van der Waals surface area contributed by atoms with Crippen LogP contribution in [0.4, 0.5) is 0 Å². The summed E-state index contributed by atoms with van der Waals surface area (Å²) in [5.74, 6) is 0. The van der Waals surface area contributed by atoms with E-state index >= 15 is 0 Å². The van der Waals surface area contributed by atoms with Crippen LogP contribution in [0.5, 0.6) is 0 Å². The van der Waals surface area contributed by atoms with Gasteiger partial charge in [-0.3, -0.25) is 0 Å². The lowest BCUT2D eigenvalue weighted by Gasteiger charge is -2.18. The maximum absolute atomic E-state index is 12.4. The lowest BCUT2D eigenvalue weighted by atomic mass is 10.2. The molecule has 19 heavy (non-hydrogen) atoms. The van der Waals surface area contributed by atoms with Gasteiger partial charge in [0.1, 0.15) is 4.90 Å². The van der Waals surface area contributed by atoms with Gasteiger partial charge in [0.25, 0.3) is 0 Å². The third kappa shape index (κ3) is 3.70. The quantitative estimate of drug-likeness (QED) is 0.819. The largest absolute Gasteiger partial charge is 0.316 e. The van der Waals surface area contributed by atoms with Gasteiger partial charge in [-0.1, -0.05) is 29.3 Å². The normalized spacial score (nSPS) is 11.8. The fraction of sp³-hybridized carbons (Fsp3) is 0.333. The second-order valence-electron chi connectivity index (χ2n) is 3.98. The molecule has 0 unspecified atom stereocenters. The van der Waals surface area contributed by atoms with Crippen LogP contribution in [0.25, 0.3) is 0 Å². The zero-order chi connectivity index (χ0) is 14.6. The van der Waals surface area contributed by atoms with E-state index in [2.05, 4.69) is 11.9 Å². The molecular weight excluding hydrogens is 307 g/mol. The zero-order valence-electron chi connectivity index (χ0n) is 10.8. The van der Waals surface area contributed by atoms with Crippen LogP contribution < -0.4 is 5.32 Å².